The first-order valence-corrected chi connectivity index (χ1v) is 16.6. The van der Waals surface area contributed by atoms with Crippen LogP contribution < -0.4 is 0 Å². The summed E-state index contributed by atoms with van der Waals surface area (Å²) in [6.45, 7) is 27.5. The molecule has 0 heterocycles. The average molecular weight is 621 g/mol. The van der Waals surface area contributed by atoms with Crippen LogP contribution in [0.25, 0.3) is 18.2 Å². The maximum atomic E-state index is 6.19. The molecular formula is C42H57BO3. The minimum absolute atomic E-state index is 0.132. The van der Waals surface area contributed by atoms with E-state index in [0.29, 0.717) is 19.8 Å². The molecule has 0 unspecified atom stereocenters. The summed E-state index contributed by atoms with van der Waals surface area (Å²) in [5, 5.41) is 0. The van der Waals surface area contributed by atoms with Gasteiger partial charge in [0.25, 0.3) is 0 Å². The third kappa shape index (κ3) is 12.6. The largest absolute Gasteiger partial charge is 0.640 e. The Morgan fingerprint density at radius 2 is 0.652 bits per heavy atom. The van der Waals surface area contributed by atoms with Crippen molar-refractivity contribution in [3.8, 4) is 0 Å². The van der Waals surface area contributed by atoms with E-state index in [0.717, 1.165) is 33.4 Å². The first-order valence-electron chi connectivity index (χ1n) is 16.6. The molecule has 0 saturated carbocycles. The standard InChI is InChI=1S/C42H57BO3/c1-31(25-34-13-19-37(20-14-34)40(4,5)6)28-44-43(45-29-32(2)26-35-15-21-38(22-16-35)41(7,8)9)46-30-33(3)27-36-17-23-39(24-18-36)42(10,11)12/h13-27H,28-30H2,1-12H3. The van der Waals surface area contributed by atoms with Crippen molar-refractivity contribution >= 4 is 25.5 Å². The summed E-state index contributed by atoms with van der Waals surface area (Å²) in [5.41, 5.74) is 11.1. The fraction of sp³-hybridized carbons (Fsp3) is 0.429. The second-order valence-electron chi connectivity index (χ2n) is 15.8. The van der Waals surface area contributed by atoms with E-state index in [1.165, 1.54) is 16.7 Å². The number of rotatable bonds is 12. The molecule has 0 aliphatic rings. The van der Waals surface area contributed by atoms with Crippen molar-refractivity contribution in [1.29, 1.82) is 0 Å². The van der Waals surface area contributed by atoms with Gasteiger partial charge in [0.15, 0.2) is 0 Å². The Balaban J connectivity index is 1.68. The summed E-state index contributed by atoms with van der Waals surface area (Å²) >= 11 is 0. The fourth-order valence-corrected chi connectivity index (χ4v) is 4.96. The molecule has 46 heavy (non-hydrogen) atoms. The second kappa shape index (κ2) is 16.1. The van der Waals surface area contributed by atoms with Crippen LogP contribution in [-0.2, 0) is 30.2 Å². The molecule has 0 atom stereocenters. The van der Waals surface area contributed by atoms with Crippen molar-refractivity contribution in [3.63, 3.8) is 0 Å². The highest BCUT2D eigenvalue weighted by molar-refractivity contribution is 6.36. The lowest BCUT2D eigenvalue weighted by molar-refractivity contribution is 0.117. The molecule has 4 heteroatoms. The summed E-state index contributed by atoms with van der Waals surface area (Å²) < 4.78 is 18.6. The van der Waals surface area contributed by atoms with E-state index >= 15 is 0 Å². The molecule has 0 bridgehead atoms. The molecule has 0 fully saturated rings. The van der Waals surface area contributed by atoms with Gasteiger partial charge in [0.05, 0.1) is 19.8 Å². The molecule has 0 radical (unpaired) electrons. The Hall–Kier alpha value is -3.18. The van der Waals surface area contributed by atoms with E-state index in [9.17, 15) is 0 Å². The van der Waals surface area contributed by atoms with E-state index in [1.807, 2.05) is 0 Å². The molecule has 246 valence electrons. The van der Waals surface area contributed by atoms with Crippen molar-refractivity contribution in [2.24, 2.45) is 0 Å². The van der Waals surface area contributed by atoms with Crippen molar-refractivity contribution < 1.29 is 14.0 Å². The maximum absolute atomic E-state index is 6.19. The average Bonchev–Trinajstić information content (AvgIpc) is 2.96. The second-order valence-corrected chi connectivity index (χ2v) is 15.8. The van der Waals surface area contributed by atoms with Crippen LogP contribution in [0.1, 0.15) is 116 Å². The van der Waals surface area contributed by atoms with Gasteiger partial charge in [0.2, 0.25) is 0 Å². The van der Waals surface area contributed by atoms with Gasteiger partial charge in [-0.2, -0.15) is 0 Å². The van der Waals surface area contributed by atoms with Gasteiger partial charge in [-0.05, 0) is 87.1 Å². The highest BCUT2D eigenvalue weighted by Gasteiger charge is 2.22. The summed E-state index contributed by atoms with van der Waals surface area (Å²) in [6.07, 6.45) is 6.47. The number of hydrogen-bond acceptors (Lipinski definition) is 3. The summed E-state index contributed by atoms with van der Waals surface area (Å²) in [7, 11) is -0.801. The van der Waals surface area contributed by atoms with Gasteiger partial charge < -0.3 is 14.0 Å². The lowest BCUT2D eigenvalue weighted by Gasteiger charge is -2.19. The van der Waals surface area contributed by atoms with Crippen molar-refractivity contribution in [2.75, 3.05) is 19.8 Å². The molecule has 3 aromatic carbocycles. The van der Waals surface area contributed by atoms with Gasteiger partial charge in [-0.25, -0.2) is 0 Å². The van der Waals surface area contributed by atoms with Gasteiger partial charge in [0.1, 0.15) is 0 Å². The van der Waals surface area contributed by atoms with Crippen LogP contribution in [0.4, 0.5) is 0 Å². The first-order chi connectivity index (χ1) is 21.4. The summed E-state index contributed by atoms with van der Waals surface area (Å²) in [5.74, 6) is 0. The predicted octanol–water partition coefficient (Wildman–Crippen LogP) is 11.2. The molecule has 3 aromatic rings. The number of benzene rings is 3. The summed E-state index contributed by atoms with van der Waals surface area (Å²) in [6, 6.07) is 26.2. The Kier molecular flexibility index (Phi) is 13.0. The van der Waals surface area contributed by atoms with Crippen LogP contribution in [0.2, 0.25) is 0 Å². The third-order valence-corrected chi connectivity index (χ3v) is 7.91. The van der Waals surface area contributed by atoms with Gasteiger partial charge in [-0.3, -0.25) is 0 Å². The minimum atomic E-state index is -0.801. The first kappa shape index (κ1) is 37.3. The monoisotopic (exact) mass is 620 g/mol. The van der Waals surface area contributed by atoms with Crippen molar-refractivity contribution in [3.05, 3.63) is 123 Å². The third-order valence-electron chi connectivity index (χ3n) is 7.91. The zero-order valence-corrected chi connectivity index (χ0v) is 30.6. The quantitative estimate of drug-likeness (QED) is 0.189. The normalized spacial score (nSPS) is 13.7. The highest BCUT2D eigenvalue weighted by atomic mass is 16.7. The van der Waals surface area contributed by atoms with Gasteiger partial charge in [-0.1, -0.05) is 153 Å². The van der Waals surface area contributed by atoms with Crippen molar-refractivity contribution in [2.45, 2.75) is 99.3 Å². The zero-order valence-electron chi connectivity index (χ0n) is 30.6. The Labute approximate surface area is 281 Å². The van der Waals surface area contributed by atoms with Gasteiger partial charge in [-0.15, -0.1) is 0 Å². The molecule has 0 saturated heterocycles. The van der Waals surface area contributed by atoms with Crippen LogP contribution in [0.3, 0.4) is 0 Å². The Morgan fingerprint density at radius 1 is 0.435 bits per heavy atom. The fourth-order valence-electron chi connectivity index (χ4n) is 4.96. The van der Waals surface area contributed by atoms with Gasteiger partial charge >= 0.3 is 7.32 Å². The van der Waals surface area contributed by atoms with Crippen LogP contribution in [0.5, 0.6) is 0 Å². The Bertz CT molecular complexity index is 1290. The molecule has 3 nitrogen and oxygen atoms in total. The van der Waals surface area contributed by atoms with Crippen LogP contribution >= 0.6 is 0 Å². The van der Waals surface area contributed by atoms with E-state index in [2.05, 4.69) is 174 Å². The molecule has 0 aromatic heterocycles. The minimum Gasteiger partial charge on any atom is -0.382 e. The Morgan fingerprint density at radius 3 is 0.848 bits per heavy atom. The topological polar surface area (TPSA) is 27.7 Å². The van der Waals surface area contributed by atoms with E-state index < -0.39 is 7.32 Å². The highest BCUT2D eigenvalue weighted by Crippen LogP contribution is 2.25. The van der Waals surface area contributed by atoms with Crippen LogP contribution in [0, 0.1) is 0 Å². The number of hydrogen-bond donors (Lipinski definition) is 0. The molecule has 3 rings (SSSR count). The molecule has 0 aliphatic heterocycles. The van der Waals surface area contributed by atoms with Crippen molar-refractivity contribution in [1.82, 2.24) is 0 Å². The molecular weight excluding hydrogens is 563 g/mol. The van der Waals surface area contributed by atoms with E-state index in [4.69, 9.17) is 14.0 Å². The maximum Gasteiger partial charge on any atom is 0.640 e. The van der Waals surface area contributed by atoms with E-state index in [-0.39, 0.29) is 16.2 Å². The molecule has 0 aliphatic carbocycles. The van der Waals surface area contributed by atoms with Crippen LogP contribution in [-0.4, -0.2) is 27.1 Å². The molecule has 0 spiro atoms. The predicted molar refractivity (Wildman–Crippen MR) is 200 cm³/mol. The molecule has 0 N–H and O–H groups in total. The lowest BCUT2D eigenvalue weighted by Crippen LogP contribution is -2.29. The zero-order chi connectivity index (χ0) is 34.1. The smallest absolute Gasteiger partial charge is 0.382 e. The SMILES string of the molecule is CC(=Cc1ccc(C(C)(C)C)cc1)COB(OCC(C)=Cc1ccc(C(C)(C)C)cc1)OCC(C)=Cc1ccc(C(C)(C)C)cc1. The van der Waals surface area contributed by atoms with E-state index in [1.54, 1.807) is 0 Å². The van der Waals surface area contributed by atoms with Gasteiger partial charge in [0, 0.05) is 0 Å². The molecule has 0 amide bonds. The van der Waals surface area contributed by atoms with Crippen LogP contribution in [0.15, 0.2) is 89.5 Å². The lowest BCUT2D eigenvalue weighted by atomic mass is 9.86. The summed E-state index contributed by atoms with van der Waals surface area (Å²) in [4.78, 5) is 0.